The van der Waals surface area contributed by atoms with Gasteiger partial charge >= 0.3 is 0 Å². The van der Waals surface area contributed by atoms with E-state index in [-0.39, 0.29) is 96.9 Å². The number of nitrogens with zero attached hydrogens (tertiary/aromatic N) is 3. The fraction of sp³-hybridized carbons (Fsp3) is 0.275. The number of sulfone groups is 2. The van der Waals surface area contributed by atoms with Crippen molar-refractivity contribution >= 4 is 124 Å². The monoisotopic (exact) mass is 2130 g/mol. The number of nitriles is 3. The van der Waals surface area contributed by atoms with Crippen LogP contribution >= 0.6 is 63.7 Å². The van der Waals surface area contributed by atoms with Crippen molar-refractivity contribution in [2.75, 3.05) is 44.8 Å². The Morgan fingerprint density at radius 1 is 0.412 bits per heavy atom. The van der Waals surface area contributed by atoms with E-state index in [1.165, 1.54) is 60.2 Å². The summed E-state index contributed by atoms with van der Waals surface area (Å²) in [6.07, 6.45) is 6.56. The minimum Gasteiger partial charge on any atom is -0.494 e. The Hall–Kier alpha value is -12.4. The average molecular weight is 2130 g/mol. The molecule has 4 unspecified atom stereocenters. The number of rotatable bonds is 45. The number of ether oxygens (including phenoxy) is 6. The van der Waals surface area contributed by atoms with Gasteiger partial charge in [-0.15, -0.1) is 0 Å². The summed E-state index contributed by atoms with van der Waals surface area (Å²) in [6.45, 7) is 23.3. The van der Waals surface area contributed by atoms with Crippen LogP contribution in [-0.4, -0.2) is 110 Å². The van der Waals surface area contributed by atoms with E-state index in [2.05, 4.69) is 99.6 Å². The molecule has 11 aromatic rings. The van der Waals surface area contributed by atoms with Crippen molar-refractivity contribution in [3.8, 4) is 64.2 Å². The first-order valence-electron chi connectivity index (χ1n) is 43.9. The van der Waals surface area contributed by atoms with Crippen LogP contribution in [-0.2, 0) is 38.9 Å². The number of hydrogen-bond donors (Lipinski definition) is 2. The van der Waals surface area contributed by atoms with Crippen LogP contribution in [0, 0.1) is 50.7 Å². The lowest BCUT2D eigenvalue weighted by Gasteiger charge is -2.34. The molecule has 0 spiro atoms. The molecule has 2 amide bonds. The number of Topliss-reactive ketones (excluding diaryl/α,β-unsaturated/α-hetero) is 2. The van der Waals surface area contributed by atoms with E-state index in [1.807, 2.05) is 139 Å². The molecule has 21 nitrogen and oxygen atoms in total. The molecular weight excluding hydrogens is 2020 g/mol. The number of benzene rings is 11. The van der Waals surface area contributed by atoms with Crippen molar-refractivity contribution in [2.45, 2.75) is 145 Å². The van der Waals surface area contributed by atoms with Crippen LogP contribution in [0.5, 0.6) is 46.0 Å². The van der Waals surface area contributed by atoms with E-state index in [0.717, 1.165) is 11.1 Å². The number of hydrogen-bond acceptors (Lipinski definition) is 19. The van der Waals surface area contributed by atoms with E-state index in [1.54, 1.807) is 166 Å². The third-order valence-corrected chi connectivity index (χ3v) is 27.4. The van der Waals surface area contributed by atoms with Crippen molar-refractivity contribution in [3.63, 3.8) is 0 Å². The summed E-state index contributed by atoms with van der Waals surface area (Å²) in [5.74, 6) is 3.16. The number of carbonyl (C=O) groups excluding carboxylic acids is 6. The van der Waals surface area contributed by atoms with Gasteiger partial charge in [-0.25, -0.2) is 16.8 Å². The molecule has 136 heavy (non-hydrogen) atoms. The van der Waals surface area contributed by atoms with Crippen LogP contribution in [0.1, 0.15) is 161 Å². The van der Waals surface area contributed by atoms with Gasteiger partial charge in [0.25, 0.3) is 0 Å². The van der Waals surface area contributed by atoms with Gasteiger partial charge in [0, 0.05) is 57.3 Å². The molecule has 0 heterocycles. The summed E-state index contributed by atoms with van der Waals surface area (Å²) in [5.41, 5.74) is 3.79. The van der Waals surface area contributed by atoms with Crippen molar-refractivity contribution in [1.82, 2.24) is 10.6 Å². The van der Waals surface area contributed by atoms with E-state index >= 15 is 0 Å². The largest absolute Gasteiger partial charge is 0.494 e. The average Bonchev–Trinajstić information content (AvgIpc) is 0.809. The number of nitrogens with one attached hydrogen (secondary N) is 2. The summed E-state index contributed by atoms with van der Waals surface area (Å²) in [7, 11) is -7.66. The van der Waals surface area contributed by atoms with Crippen LogP contribution < -0.4 is 39.1 Å². The zero-order chi connectivity index (χ0) is 99.1. The zero-order valence-corrected chi connectivity index (χ0v) is 85.1. The molecule has 11 aromatic carbocycles. The molecule has 708 valence electrons. The summed E-state index contributed by atoms with van der Waals surface area (Å²) >= 11 is 13.5. The number of ketones is 4. The Bertz CT molecular complexity index is 6130. The lowest BCUT2D eigenvalue weighted by atomic mass is 9.68. The minimum atomic E-state index is -3.87. The number of allylic oxidation sites excluding steroid dienone is 1. The summed E-state index contributed by atoms with van der Waals surface area (Å²) in [6, 6.07) is 87.4. The summed E-state index contributed by atoms with van der Waals surface area (Å²) < 4.78 is 87.2. The van der Waals surface area contributed by atoms with Gasteiger partial charge < -0.3 is 39.1 Å². The molecule has 0 fully saturated rings. The fourth-order valence-corrected chi connectivity index (χ4v) is 17.6. The van der Waals surface area contributed by atoms with Gasteiger partial charge in [0.15, 0.2) is 11.6 Å². The smallest absolute Gasteiger partial charge is 0.236 e. The minimum absolute atomic E-state index is 0.00189. The lowest BCUT2D eigenvalue weighted by Crippen LogP contribution is -2.40. The first-order chi connectivity index (χ1) is 64.8. The second kappa shape index (κ2) is 53.2. The summed E-state index contributed by atoms with van der Waals surface area (Å²) in [5, 5.41) is 32.8. The standard InChI is InChI=1S/C60H61Br2N3O8S.C38H39Br2NO8S.C8H8.C3H3N/c1-59(2,38-47(37-48(62)41-64)43-12-7-5-8-13-43)58(68)65-33-35-72-50-25-29-53(30-26-50)74(69,70)54-31-27-52(28-32-54)73-51-23-19-46(20-24-51)57(67)45-17-21-49(22-18-45)71-34-11-16-56(66)60(3,4)55(36-42(39-61)40-63)44-14-9-6-10-15-44;1-37(2,39)34(42)6-5-24-47-28-11-7-26(8-12-28)35(43)27-9-13-30(14-10-27)49-31-17-21-33(22-18-31)50(45,46)32-19-15-29(16-20-32)48-25-23-41-36(44)38(3,4)40;1-2-8-6-4-3-5-7-8;1-2-3-4/h5-10,12-15,17-32,42,47-48,55H,11,16,33-39H2,1-4H3,(H,65,68);7-22H,5-6,23-25H2,1-4H3,(H,41,44);2-7H,1H2;2H,1H2. The zero-order valence-electron chi connectivity index (χ0n) is 77.1. The van der Waals surface area contributed by atoms with Gasteiger partial charge in [0.05, 0.1) is 78.7 Å². The molecule has 11 rings (SSSR count). The highest BCUT2D eigenvalue weighted by Gasteiger charge is 2.39. The van der Waals surface area contributed by atoms with Gasteiger partial charge in [-0.3, -0.25) is 28.8 Å². The third kappa shape index (κ3) is 34.1. The van der Waals surface area contributed by atoms with Gasteiger partial charge in [-0.1, -0.05) is 202 Å². The molecule has 0 aliphatic heterocycles. The molecular formula is C109H111Br4N5O16S2. The number of carbonyl (C=O) groups is 6. The Kier molecular flexibility index (Phi) is 42.6. The Labute approximate surface area is 832 Å². The second-order valence-electron chi connectivity index (χ2n) is 33.6. The van der Waals surface area contributed by atoms with Gasteiger partial charge in [0.2, 0.25) is 31.5 Å². The molecule has 0 saturated heterocycles. The van der Waals surface area contributed by atoms with E-state index in [0.29, 0.717) is 138 Å². The number of alkyl halides is 4. The normalized spacial score (nSPS) is 12.2. The first-order valence-corrected chi connectivity index (χ1v) is 50.5. The van der Waals surface area contributed by atoms with Gasteiger partial charge in [-0.2, -0.15) is 15.8 Å². The molecule has 0 saturated carbocycles. The van der Waals surface area contributed by atoms with E-state index < -0.39 is 39.2 Å². The molecule has 0 bridgehead atoms. The van der Waals surface area contributed by atoms with Crippen LogP contribution in [0.25, 0.3) is 6.08 Å². The molecule has 0 radical (unpaired) electrons. The highest BCUT2D eigenvalue weighted by atomic mass is 79.9. The van der Waals surface area contributed by atoms with Gasteiger partial charge in [0.1, 0.15) is 75.6 Å². The second-order valence-corrected chi connectivity index (χ2v) is 43.3. The SMILES string of the molecule is C=CC#N.C=Cc1ccccc1.CC(C)(Br)C(=O)CCCOc1ccc(C(=O)c2ccc(Oc3ccc(S(=O)(=O)c4ccc(OCCNC(=O)C(C)(C)Br)cc4)cc3)cc2)cc1.CC(C)(CC(CC(Br)C#N)c1ccccc1)C(=O)NCCOc1ccc(S(=O)(=O)c2ccc(Oc3ccc(C(=O)c4ccc(OCCCC(=O)C(C)(C)C(CC(C#N)CBr)c5ccccc5)cc4)cc3)cc2)cc1. The quantitative estimate of drug-likeness (QED) is 0.0155. The van der Waals surface area contributed by atoms with Crippen molar-refractivity contribution < 1.29 is 74.0 Å². The molecule has 4 atom stereocenters. The van der Waals surface area contributed by atoms with Gasteiger partial charge in [-0.05, 0) is 282 Å². The maximum absolute atomic E-state index is 13.6. The third-order valence-electron chi connectivity index (χ3n) is 21.7. The topological polar surface area (TPSA) is 322 Å². The van der Waals surface area contributed by atoms with Crippen LogP contribution in [0.3, 0.4) is 0 Å². The molecule has 27 heteroatoms. The first kappa shape index (κ1) is 109. The van der Waals surface area contributed by atoms with Crippen LogP contribution in [0.2, 0.25) is 0 Å². The number of amides is 2. The molecule has 0 aromatic heterocycles. The van der Waals surface area contributed by atoms with Crippen molar-refractivity contribution in [2.24, 2.45) is 16.7 Å². The lowest BCUT2D eigenvalue weighted by molar-refractivity contribution is -0.130. The van der Waals surface area contributed by atoms with Crippen LogP contribution in [0.4, 0.5) is 0 Å². The molecule has 2 N–H and O–H groups in total. The van der Waals surface area contributed by atoms with Crippen molar-refractivity contribution in [1.29, 1.82) is 15.8 Å². The fourth-order valence-electron chi connectivity index (χ4n) is 13.8. The highest BCUT2D eigenvalue weighted by Crippen LogP contribution is 2.43. The van der Waals surface area contributed by atoms with Crippen LogP contribution in [0.15, 0.2) is 324 Å². The number of halogens is 4. The maximum atomic E-state index is 13.6. The van der Waals surface area contributed by atoms with E-state index in [9.17, 15) is 56.1 Å². The van der Waals surface area contributed by atoms with E-state index in [4.69, 9.17) is 33.7 Å². The summed E-state index contributed by atoms with van der Waals surface area (Å²) in [4.78, 5) is 77.2. The predicted octanol–water partition coefficient (Wildman–Crippen LogP) is 24.5. The Morgan fingerprint density at radius 3 is 1.06 bits per heavy atom. The predicted molar refractivity (Wildman–Crippen MR) is 545 cm³/mol. The molecule has 0 aliphatic rings. The Balaban J connectivity index is 0.000000314. The highest BCUT2D eigenvalue weighted by molar-refractivity contribution is 9.10. The molecule has 0 aliphatic carbocycles. The maximum Gasteiger partial charge on any atom is 0.236 e. The Morgan fingerprint density at radius 2 is 0.735 bits per heavy atom. The van der Waals surface area contributed by atoms with Crippen molar-refractivity contribution in [3.05, 3.63) is 343 Å².